The van der Waals surface area contributed by atoms with Crippen molar-refractivity contribution in [1.82, 2.24) is 9.78 Å². The number of alkyl halides is 1. The summed E-state index contributed by atoms with van der Waals surface area (Å²) in [7, 11) is 0. The zero-order chi connectivity index (χ0) is 10.7. The monoisotopic (exact) mass is 217 g/mol. The van der Waals surface area contributed by atoms with Crippen LogP contribution in [0.4, 0.5) is 0 Å². The highest BCUT2D eigenvalue weighted by molar-refractivity contribution is 6.17. The molecule has 0 aliphatic carbocycles. The molecule has 74 valence electrons. The van der Waals surface area contributed by atoms with Crippen LogP contribution in [0.25, 0.3) is 5.69 Å². The average molecular weight is 218 g/mol. The minimum absolute atomic E-state index is 0.425. The van der Waals surface area contributed by atoms with Gasteiger partial charge in [-0.3, -0.25) is 0 Å². The van der Waals surface area contributed by atoms with Gasteiger partial charge in [0.2, 0.25) is 0 Å². The van der Waals surface area contributed by atoms with Gasteiger partial charge in [-0.1, -0.05) is 12.1 Å². The lowest BCUT2D eigenvalue weighted by Gasteiger charge is -2.02. The predicted molar refractivity (Wildman–Crippen MR) is 57.8 cm³/mol. The Kier molecular flexibility index (Phi) is 2.70. The fourth-order valence-electron chi connectivity index (χ4n) is 1.33. The molecule has 0 fully saturated rings. The average Bonchev–Trinajstić information content (AvgIpc) is 2.77. The lowest BCUT2D eigenvalue weighted by molar-refractivity contribution is 0.877. The SMILES string of the molecule is N#Cc1ccccc1-n1cc(CCl)cn1. The van der Waals surface area contributed by atoms with Crippen LogP contribution >= 0.6 is 11.6 Å². The fourth-order valence-corrected chi connectivity index (χ4v) is 1.47. The van der Waals surface area contributed by atoms with Gasteiger partial charge in [0.15, 0.2) is 0 Å². The topological polar surface area (TPSA) is 41.6 Å². The molecule has 2 aromatic rings. The highest BCUT2D eigenvalue weighted by Crippen LogP contribution is 2.13. The molecular formula is C11H8ClN3. The van der Waals surface area contributed by atoms with E-state index in [1.807, 2.05) is 24.4 Å². The maximum atomic E-state index is 8.93. The number of nitrogens with zero attached hydrogens (tertiary/aromatic N) is 3. The first kappa shape index (κ1) is 9.75. The maximum Gasteiger partial charge on any atom is 0.101 e. The van der Waals surface area contributed by atoms with Crippen LogP contribution in [0.15, 0.2) is 36.7 Å². The van der Waals surface area contributed by atoms with Crippen LogP contribution in [0.3, 0.4) is 0 Å². The number of halogens is 1. The molecule has 0 saturated heterocycles. The van der Waals surface area contributed by atoms with Crippen molar-refractivity contribution < 1.29 is 0 Å². The van der Waals surface area contributed by atoms with E-state index in [0.717, 1.165) is 11.3 Å². The van der Waals surface area contributed by atoms with Crippen molar-refractivity contribution in [2.45, 2.75) is 5.88 Å². The molecule has 1 aromatic heterocycles. The van der Waals surface area contributed by atoms with Gasteiger partial charge >= 0.3 is 0 Å². The lowest BCUT2D eigenvalue weighted by atomic mass is 10.2. The summed E-state index contributed by atoms with van der Waals surface area (Å²) in [5.41, 5.74) is 2.31. The molecule has 0 unspecified atom stereocenters. The summed E-state index contributed by atoms with van der Waals surface area (Å²) >= 11 is 5.68. The van der Waals surface area contributed by atoms with E-state index in [1.165, 1.54) is 0 Å². The molecule has 15 heavy (non-hydrogen) atoms. The number of hydrogen-bond donors (Lipinski definition) is 0. The van der Waals surface area contributed by atoms with E-state index in [9.17, 15) is 0 Å². The fraction of sp³-hybridized carbons (Fsp3) is 0.0909. The maximum absolute atomic E-state index is 8.93. The summed E-state index contributed by atoms with van der Waals surface area (Å²) in [5, 5.41) is 13.1. The minimum Gasteiger partial charge on any atom is -0.239 e. The van der Waals surface area contributed by atoms with E-state index >= 15 is 0 Å². The molecule has 0 aliphatic rings. The standard InChI is InChI=1S/C11H8ClN3/c12-5-9-7-14-15(8-9)11-4-2-1-3-10(11)6-13/h1-4,7-8H,5H2. The molecule has 0 aliphatic heterocycles. The molecule has 2 rings (SSSR count). The van der Waals surface area contributed by atoms with Crippen LogP contribution in [0, 0.1) is 11.3 Å². The summed E-state index contributed by atoms with van der Waals surface area (Å²) in [6.07, 6.45) is 3.52. The van der Waals surface area contributed by atoms with Gasteiger partial charge in [-0.15, -0.1) is 11.6 Å². The summed E-state index contributed by atoms with van der Waals surface area (Å²) in [6, 6.07) is 9.44. The Morgan fingerprint density at radius 2 is 2.20 bits per heavy atom. The Hall–Kier alpha value is -1.79. The van der Waals surface area contributed by atoms with Crippen molar-refractivity contribution in [3.05, 3.63) is 47.8 Å². The number of para-hydroxylation sites is 1. The Balaban J connectivity index is 2.49. The molecule has 0 N–H and O–H groups in total. The summed E-state index contributed by atoms with van der Waals surface area (Å²) in [4.78, 5) is 0. The van der Waals surface area contributed by atoms with Crippen LogP contribution in [-0.2, 0) is 5.88 Å². The Bertz CT molecular complexity index is 511. The zero-order valence-electron chi connectivity index (χ0n) is 7.89. The van der Waals surface area contributed by atoms with Crippen molar-refractivity contribution >= 4 is 11.6 Å². The Labute approximate surface area is 92.5 Å². The first-order valence-electron chi connectivity index (χ1n) is 4.44. The number of aromatic nitrogens is 2. The third-order valence-corrected chi connectivity index (χ3v) is 2.37. The van der Waals surface area contributed by atoms with Gasteiger partial charge in [0.05, 0.1) is 23.3 Å². The van der Waals surface area contributed by atoms with E-state index in [1.54, 1.807) is 16.9 Å². The van der Waals surface area contributed by atoms with Gasteiger partial charge in [-0.25, -0.2) is 4.68 Å². The van der Waals surface area contributed by atoms with E-state index in [-0.39, 0.29) is 0 Å². The normalized spacial score (nSPS) is 9.87. The second kappa shape index (κ2) is 4.16. The molecule has 0 atom stereocenters. The van der Waals surface area contributed by atoms with Gasteiger partial charge < -0.3 is 0 Å². The van der Waals surface area contributed by atoms with Crippen LogP contribution in [0.2, 0.25) is 0 Å². The third-order valence-electron chi connectivity index (χ3n) is 2.06. The van der Waals surface area contributed by atoms with Crippen molar-refractivity contribution in [2.75, 3.05) is 0 Å². The van der Waals surface area contributed by atoms with Gasteiger partial charge in [0.25, 0.3) is 0 Å². The number of benzene rings is 1. The minimum atomic E-state index is 0.425. The molecule has 1 aromatic carbocycles. The second-order valence-electron chi connectivity index (χ2n) is 3.06. The van der Waals surface area contributed by atoms with Crippen molar-refractivity contribution in [3.63, 3.8) is 0 Å². The van der Waals surface area contributed by atoms with E-state index in [2.05, 4.69) is 11.2 Å². The highest BCUT2D eigenvalue weighted by Gasteiger charge is 2.04. The van der Waals surface area contributed by atoms with Crippen molar-refractivity contribution in [2.24, 2.45) is 0 Å². The molecular weight excluding hydrogens is 210 g/mol. The van der Waals surface area contributed by atoms with Crippen LogP contribution in [-0.4, -0.2) is 9.78 Å². The Morgan fingerprint density at radius 3 is 2.87 bits per heavy atom. The molecule has 3 nitrogen and oxygen atoms in total. The zero-order valence-corrected chi connectivity index (χ0v) is 8.65. The molecule has 0 bridgehead atoms. The smallest absolute Gasteiger partial charge is 0.101 e. The van der Waals surface area contributed by atoms with Crippen LogP contribution in [0.5, 0.6) is 0 Å². The third kappa shape index (κ3) is 1.85. The second-order valence-corrected chi connectivity index (χ2v) is 3.32. The first-order chi connectivity index (χ1) is 7.35. The number of rotatable bonds is 2. The molecule has 4 heteroatoms. The van der Waals surface area contributed by atoms with Crippen molar-refractivity contribution in [1.29, 1.82) is 5.26 Å². The molecule has 1 heterocycles. The molecule has 0 amide bonds. The number of hydrogen-bond acceptors (Lipinski definition) is 2. The number of nitriles is 1. The van der Waals surface area contributed by atoms with Crippen molar-refractivity contribution in [3.8, 4) is 11.8 Å². The quantitative estimate of drug-likeness (QED) is 0.726. The summed E-state index contributed by atoms with van der Waals surface area (Å²) in [6.45, 7) is 0. The predicted octanol–water partition coefficient (Wildman–Crippen LogP) is 2.48. The first-order valence-corrected chi connectivity index (χ1v) is 4.97. The lowest BCUT2D eigenvalue weighted by Crippen LogP contribution is -1.96. The molecule has 0 saturated carbocycles. The van der Waals surface area contributed by atoms with Gasteiger partial charge in [-0.2, -0.15) is 10.4 Å². The van der Waals surface area contributed by atoms with Gasteiger partial charge in [0.1, 0.15) is 6.07 Å². The van der Waals surface area contributed by atoms with Crippen LogP contribution in [0.1, 0.15) is 11.1 Å². The van der Waals surface area contributed by atoms with E-state index in [0.29, 0.717) is 11.4 Å². The van der Waals surface area contributed by atoms with Gasteiger partial charge in [0, 0.05) is 11.8 Å². The molecule has 0 spiro atoms. The van der Waals surface area contributed by atoms with Gasteiger partial charge in [-0.05, 0) is 12.1 Å². The summed E-state index contributed by atoms with van der Waals surface area (Å²) in [5.74, 6) is 0.425. The largest absolute Gasteiger partial charge is 0.239 e. The Morgan fingerprint density at radius 1 is 1.40 bits per heavy atom. The van der Waals surface area contributed by atoms with Crippen LogP contribution < -0.4 is 0 Å². The summed E-state index contributed by atoms with van der Waals surface area (Å²) < 4.78 is 1.66. The highest BCUT2D eigenvalue weighted by atomic mass is 35.5. The molecule has 0 radical (unpaired) electrons. The van der Waals surface area contributed by atoms with E-state index < -0.39 is 0 Å². The van der Waals surface area contributed by atoms with E-state index in [4.69, 9.17) is 16.9 Å².